The number of nitrogens with one attached hydrogen (secondary N) is 1. The number of amides is 2. The van der Waals surface area contributed by atoms with Gasteiger partial charge in [-0.3, -0.25) is 9.59 Å². The van der Waals surface area contributed by atoms with E-state index < -0.39 is 5.92 Å². The lowest BCUT2D eigenvalue weighted by molar-refractivity contribution is -0.126. The first-order valence-corrected chi connectivity index (χ1v) is 8.89. The minimum absolute atomic E-state index is 0.0306. The predicted octanol–water partition coefficient (Wildman–Crippen LogP) is 3.27. The van der Waals surface area contributed by atoms with Crippen LogP contribution >= 0.6 is 0 Å². The van der Waals surface area contributed by atoms with Crippen LogP contribution in [0.2, 0.25) is 0 Å². The third-order valence-electron chi connectivity index (χ3n) is 4.78. The van der Waals surface area contributed by atoms with Gasteiger partial charge in [-0.1, -0.05) is 44.2 Å². The van der Waals surface area contributed by atoms with Crippen LogP contribution in [0.1, 0.15) is 30.9 Å². The molecule has 0 bridgehead atoms. The maximum atomic E-state index is 13.1. The zero-order valence-electron chi connectivity index (χ0n) is 15.0. The summed E-state index contributed by atoms with van der Waals surface area (Å²) in [6, 6.07) is 13.8. The van der Waals surface area contributed by atoms with Gasteiger partial charge in [0.15, 0.2) is 0 Å². The molecule has 0 radical (unpaired) electrons. The number of anilines is 1. The quantitative estimate of drug-likeness (QED) is 0.896. The van der Waals surface area contributed by atoms with Crippen LogP contribution in [0.15, 0.2) is 48.5 Å². The second kappa shape index (κ2) is 7.68. The Balaban J connectivity index is 1.65. The van der Waals surface area contributed by atoms with Gasteiger partial charge in [0.25, 0.3) is 0 Å². The molecule has 0 aromatic heterocycles. The Morgan fingerprint density at radius 3 is 2.50 bits per heavy atom. The third kappa shape index (κ3) is 3.77. The van der Waals surface area contributed by atoms with E-state index in [4.69, 9.17) is 0 Å². The van der Waals surface area contributed by atoms with Crippen LogP contribution in [0.4, 0.5) is 10.1 Å². The Bertz CT molecular complexity index is 802. The summed E-state index contributed by atoms with van der Waals surface area (Å²) in [4.78, 5) is 26.9. The summed E-state index contributed by atoms with van der Waals surface area (Å²) in [5.74, 6) is -1.06. The van der Waals surface area contributed by atoms with Crippen molar-refractivity contribution in [1.82, 2.24) is 5.32 Å². The zero-order valence-corrected chi connectivity index (χ0v) is 15.0. The van der Waals surface area contributed by atoms with Crippen LogP contribution in [-0.2, 0) is 16.0 Å². The van der Waals surface area contributed by atoms with Crippen LogP contribution in [0.5, 0.6) is 0 Å². The largest absolute Gasteiger partial charge is 0.346 e. The smallest absolute Gasteiger partial charge is 0.246 e. The van der Waals surface area contributed by atoms with E-state index in [2.05, 4.69) is 5.32 Å². The van der Waals surface area contributed by atoms with Crippen molar-refractivity contribution < 1.29 is 14.0 Å². The molecule has 1 heterocycles. The van der Waals surface area contributed by atoms with Crippen LogP contribution in [-0.4, -0.2) is 24.9 Å². The normalized spacial score (nSPS) is 14.2. The molecule has 0 saturated carbocycles. The topological polar surface area (TPSA) is 49.4 Å². The number of nitrogens with zero attached hydrogens (tertiary/aromatic N) is 1. The number of para-hydroxylation sites is 1. The molecule has 2 aromatic rings. The van der Waals surface area contributed by atoms with Gasteiger partial charge in [-0.15, -0.1) is 0 Å². The summed E-state index contributed by atoms with van der Waals surface area (Å²) < 4.78 is 13.1. The molecule has 0 saturated heterocycles. The van der Waals surface area contributed by atoms with Gasteiger partial charge in [-0.25, -0.2) is 4.39 Å². The molecule has 1 aliphatic heterocycles. The molecular formula is C21H23FN2O2. The molecule has 1 unspecified atom stereocenters. The fraction of sp³-hybridized carbons (Fsp3) is 0.333. The average molecular weight is 354 g/mol. The fourth-order valence-corrected chi connectivity index (χ4v) is 3.47. The molecular weight excluding hydrogens is 331 g/mol. The number of benzene rings is 2. The van der Waals surface area contributed by atoms with Crippen LogP contribution < -0.4 is 10.2 Å². The van der Waals surface area contributed by atoms with Crippen molar-refractivity contribution in [3.63, 3.8) is 0 Å². The lowest BCUT2D eigenvalue weighted by atomic mass is 9.87. The van der Waals surface area contributed by atoms with Gasteiger partial charge in [-0.2, -0.15) is 0 Å². The number of halogens is 1. The number of carbonyl (C=O) groups is 2. The van der Waals surface area contributed by atoms with Crippen molar-refractivity contribution in [2.24, 2.45) is 5.92 Å². The Morgan fingerprint density at radius 2 is 1.81 bits per heavy atom. The maximum absolute atomic E-state index is 13.1. The van der Waals surface area contributed by atoms with E-state index in [1.807, 2.05) is 38.1 Å². The van der Waals surface area contributed by atoms with Crippen molar-refractivity contribution in [3.05, 3.63) is 65.5 Å². The summed E-state index contributed by atoms with van der Waals surface area (Å²) in [7, 11) is 0. The molecule has 1 atom stereocenters. The van der Waals surface area contributed by atoms with E-state index in [-0.39, 0.29) is 30.1 Å². The lowest BCUT2D eigenvalue weighted by Gasteiger charge is -2.22. The second-order valence-corrected chi connectivity index (χ2v) is 6.92. The SMILES string of the molecule is CC(C)C(C(=O)NCC(=O)N1CCc2ccccc21)c1ccc(F)cc1. The van der Waals surface area contributed by atoms with Crippen molar-refractivity contribution in [3.8, 4) is 0 Å². The van der Waals surface area contributed by atoms with Gasteiger partial charge in [0, 0.05) is 12.2 Å². The lowest BCUT2D eigenvalue weighted by Crippen LogP contribution is -2.41. The first kappa shape index (κ1) is 18.1. The van der Waals surface area contributed by atoms with E-state index in [0.29, 0.717) is 6.54 Å². The van der Waals surface area contributed by atoms with Crippen LogP contribution in [0.3, 0.4) is 0 Å². The molecule has 3 rings (SSSR count). The minimum atomic E-state index is -0.422. The van der Waals surface area contributed by atoms with E-state index in [9.17, 15) is 14.0 Å². The van der Waals surface area contributed by atoms with Crippen molar-refractivity contribution in [1.29, 1.82) is 0 Å². The number of rotatable bonds is 5. The van der Waals surface area contributed by atoms with E-state index in [0.717, 1.165) is 23.2 Å². The number of carbonyl (C=O) groups excluding carboxylic acids is 2. The minimum Gasteiger partial charge on any atom is -0.346 e. The fourth-order valence-electron chi connectivity index (χ4n) is 3.47. The standard InChI is InChI=1S/C21H23FN2O2/c1-14(2)20(16-7-9-17(22)10-8-16)21(26)23-13-19(25)24-12-11-15-5-3-4-6-18(15)24/h3-10,14,20H,11-13H2,1-2H3,(H,23,26). The van der Waals surface area contributed by atoms with Gasteiger partial charge in [0.1, 0.15) is 5.82 Å². The van der Waals surface area contributed by atoms with Crippen LogP contribution in [0.25, 0.3) is 0 Å². The first-order valence-electron chi connectivity index (χ1n) is 8.89. The highest BCUT2D eigenvalue weighted by Gasteiger charge is 2.27. The zero-order chi connectivity index (χ0) is 18.7. The van der Waals surface area contributed by atoms with Crippen LogP contribution in [0, 0.1) is 11.7 Å². The van der Waals surface area contributed by atoms with Gasteiger partial charge >= 0.3 is 0 Å². The summed E-state index contributed by atoms with van der Waals surface area (Å²) >= 11 is 0. The predicted molar refractivity (Wildman–Crippen MR) is 99.5 cm³/mol. The molecule has 0 spiro atoms. The van der Waals surface area contributed by atoms with Gasteiger partial charge in [0.05, 0.1) is 12.5 Å². The highest BCUT2D eigenvalue weighted by atomic mass is 19.1. The van der Waals surface area contributed by atoms with Gasteiger partial charge in [0.2, 0.25) is 11.8 Å². The molecule has 136 valence electrons. The summed E-state index contributed by atoms with van der Waals surface area (Å²) in [6.07, 6.45) is 0.833. The molecule has 4 nitrogen and oxygen atoms in total. The maximum Gasteiger partial charge on any atom is 0.246 e. The van der Waals surface area contributed by atoms with Crippen molar-refractivity contribution in [2.75, 3.05) is 18.0 Å². The van der Waals surface area contributed by atoms with Crippen molar-refractivity contribution >= 4 is 17.5 Å². The molecule has 1 N–H and O–H groups in total. The number of fused-ring (bicyclic) bond motifs is 1. The molecule has 2 aromatic carbocycles. The van der Waals surface area contributed by atoms with Gasteiger partial charge < -0.3 is 10.2 Å². The molecule has 0 aliphatic carbocycles. The molecule has 5 heteroatoms. The Labute approximate surface area is 153 Å². The molecule has 2 amide bonds. The van der Waals surface area contributed by atoms with Gasteiger partial charge in [-0.05, 0) is 41.7 Å². The third-order valence-corrected chi connectivity index (χ3v) is 4.78. The summed E-state index contributed by atoms with van der Waals surface area (Å²) in [6.45, 7) is 4.47. The van der Waals surface area contributed by atoms with Crippen molar-refractivity contribution in [2.45, 2.75) is 26.2 Å². The number of hydrogen-bond donors (Lipinski definition) is 1. The highest BCUT2D eigenvalue weighted by molar-refractivity contribution is 5.99. The Hall–Kier alpha value is -2.69. The Morgan fingerprint density at radius 1 is 1.12 bits per heavy atom. The first-order chi connectivity index (χ1) is 12.5. The van der Waals surface area contributed by atoms with E-state index in [1.165, 1.54) is 12.1 Å². The van der Waals surface area contributed by atoms with E-state index >= 15 is 0 Å². The molecule has 1 aliphatic rings. The average Bonchev–Trinajstić information content (AvgIpc) is 3.05. The molecule has 26 heavy (non-hydrogen) atoms. The highest BCUT2D eigenvalue weighted by Crippen LogP contribution is 2.28. The van der Waals surface area contributed by atoms with E-state index in [1.54, 1.807) is 17.0 Å². The summed E-state index contributed by atoms with van der Waals surface area (Å²) in [5.41, 5.74) is 2.82. The summed E-state index contributed by atoms with van der Waals surface area (Å²) in [5, 5.41) is 2.76. The second-order valence-electron chi connectivity index (χ2n) is 6.92. The number of hydrogen-bond acceptors (Lipinski definition) is 2. The molecule has 0 fully saturated rings. The monoisotopic (exact) mass is 354 g/mol. The Kier molecular flexibility index (Phi) is 5.35.